The number of hydrogen-bond acceptors (Lipinski definition) is 3. The number of piperidine rings is 1. The Balaban J connectivity index is 1.75. The van der Waals surface area contributed by atoms with Crippen LogP contribution in [0.1, 0.15) is 53.5 Å². The van der Waals surface area contributed by atoms with Gasteiger partial charge in [-0.2, -0.15) is 5.10 Å². The fraction of sp³-hybridized carbons (Fsp3) is 0.412. The zero-order valence-electron chi connectivity index (χ0n) is 13.1. The molecule has 1 aliphatic heterocycles. The van der Waals surface area contributed by atoms with Gasteiger partial charge in [-0.3, -0.25) is 14.8 Å². The molecule has 1 amide bonds. The first-order valence-electron chi connectivity index (χ1n) is 7.90. The Labute approximate surface area is 134 Å². The van der Waals surface area contributed by atoms with Crippen LogP contribution >= 0.6 is 0 Å². The van der Waals surface area contributed by atoms with Crippen molar-refractivity contribution >= 4 is 5.91 Å². The summed E-state index contributed by atoms with van der Waals surface area (Å²) >= 11 is 0. The zero-order chi connectivity index (χ0) is 16.4. The number of aromatic amines is 1. The molecule has 0 bridgehead atoms. The number of rotatable bonds is 4. The molecular formula is C17H21FN4O. The molecule has 6 heteroatoms. The van der Waals surface area contributed by atoms with Crippen molar-refractivity contribution < 1.29 is 9.18 Å². The quantitative estimate of drug-likeness (QED) is 0.910. The van der Waals surface area contributed by atoms with Crippen LogP contribution in [0.25, 0.3) is 0 Å². The van der Waals surface area contributed by atoms with Crippen molar-refractivity contribution in [2.45, 2.75) is 31.7 Å². The molecule has 5 nitrogen and oxygen atoms in total. The highest BCUT2D eigenvalue weighted by Gasteiger charge is 2.27. The first-order chi connectivity index (χ1) is 11.1. The number of halogens is 1. The molecule has 2 heterocycles. The van der Waals surface area contributed by atoms with Crippen LogP contribution in [0.5, 0.6) is 0 Å². The second-order valence-electron chi connectivity index (χ2n) is 6.10. The SMILES string of the molecule is C[C@H](c1ccccc1F)N1CCC[C@@H](c2cc(C(N)=O)n[nH]2)C1. The van der Waals surface area contributed by atoms with Gasteiger partial charge in [0.2, 0.25) is 0 Å². The van der Waals surface area contributed by atoms with E-state index in [4.69, 9.17) is 5.73 Å². The van der Waals surface area contributed by atoms with Crippen LogP contribution in [0, 0.1) is 5.82 Å². The molecule has 1 aromatic heterocycles. The summed E-state index contributed by atoms with van der Waals surface area (Å²) in [7, 11) is 0. The zero-order valence-corrected chi connectivity index (χ0v) is 13.1. The normalized spacial score (nSPS) is 20.3. The molecule has 0 aliphatic carbocycles. The minimum Gasteiger partial charge on any atom is -0.364 e. The summed E-state index contributed by atoms with van der Waals surface area (Å²) in [5.41, 5.74) is 7.15. The molecular weight excluding hydrogens is 295 g/mol. The lowest BCUT2D eigenvalue weighted by Crippen LogP contribution is -2.36. The third kappa shape index (κ3) is 3.27. The van der Waals surface area contributed by atoms with Crippen molar-refractivity contribution in [1.82, 2.24) is 15.1 Å². The number of H-pyrrole nitrogens is 1. The lowest BCUT2D eigenvalue weighted by molar-refractivity contribution is 0.0995. The van der Waals surface area contributed by atoms with Gasteiger partial charge >= 0.3 is 0 Å². The molecule has 2 aromatic rings. The van der Waals surface area contributed by atoms with Crippen molar-refractivity contribution in [1.29, 1.82) is 0 Å². The smallest absolute Gasteiger partial charge is 0.269 e. The number of benzene rings is 1. The Kier molecular flexibility index (Phi) is 4.43. The molecule has 1 aromatic carbocycles. The predicted octanol–water partition coefficient (Wildman–Crippen LogP) is 2.59. The summed E-state index contributed by atoms with van der Waals surface area (Å²) in [5.74, 6) is -0.446. The fourth-order valence-electron chi connectivity index (χ4n) is 3.29. The van der Waals surface area contributed by atoms with Crippen LogP contribution in [0.2, 0.25) is 0 Å². The standard InChI is InChI=1S/C17H21FN4O/c1-11(13-6-2-3-7-14(13)18)22-8-4-5-12(10-22)15-9-16(17(19)23)21-20-15/h2-3,6-7,9,11-12H,4-5,8,10H2,1H3,(H2,19,23)(H,20,21)/t11-,12-/m1/s1. The average Bonchev–Trinajstić information content (AvgIpc) is 3.05. The van der Waals surface area contributed by atoms with E-state index in [-0.39, 0.29) is 23.5 Å². The highest BCUT2D eigenvalue weighted by Crippen LogP contribution is 2.32. The summed E-state index contributed by atoms with van der Waals surface area (Å²) in [6.45, 7) is 3.77. The van der Waals surface area contributed by atoms with E-state index in [0.29, 0.717) is 0 Å². The fourth-order valence-corrected chi connectivity index (χ4v) is 3.29. The monoisotopic (exact) mass is 316 g/mol. The number of primary amides is 1. The van der Waals surface area contributed by atoms with E-state index in [0.717, 1.165) is 37.2 Å². The lowest BCUT2D eigenvalue weighted by atomic mass is 9.92. The molecule has 0 saturated carbocycles. The number of aromatic nitrogens is 2. The molecule has 1 fully saturated rings. The van der Waals surface area contributed by atoms with E-state index in [9.17, 15) is 9.18 Å². The Morgan fingerprint density at radius 2 is 2.26 bits per heavy atom. The van der Waals surface area contributed by atoms with E-state index in [1.165, 1.54) is 6.07 Å². The predicted molar refractivity (Wildman–Crippen MR) is 85.5 cm³/mol. The van der Waals surface area contributed by atoms with Gasteiger partial charge in [-0.15, -0.1) is 0 Å². The first-order valence-corrected chi connectivity index (χ1v) is 7.90. The number of nitrogens with two attached hydrogens (primary N) is 1. The van der Waals surface area contributed by atoms with Crippen LogP contribution in [0.15, 0.2) is 30.3 Å². The third-order valence-electron chi connectivity index (χ3n) is 4.65. The summed E-state index contributed by atoms with van der Waals surface area (Å²) in [6, 6.07) is 8.65. The van der Waals surface area contributed by atoms with Gasteiger partial charge in [0.05, 0.1) is 0 Å². The summed E-state index contributed by atoms with van der Waals surface area (Å²) in [4.78, 5) is 13.5. The number of carbonyl (C=O) groups is 1. The number of carbonyl (C=O) groups excluding carboxylic acids is 1. The number of amides is 1. The molecule has 1 saturated heterocycles. The van der Waals surface area contributed by atoms with Crippen molar-refractivity contribution in [3.05, 3.63) is 53.1 Å². The molecule has 23 heavy (non-hydrogen) atoms. The average molecular weight is 316 g/mol. The molecule has 122 valence electrons. The van der Waals surface area contributed by atoms with Gasteiger partial charge in [-0.1, -0.05) is 18.2 Å². The molecule has 3 N–H and O–H groups in total. The van der Waals surface area contributed by atoms with E-state index >= 15 is 0 Å². The lowest BCUT2D eigenvalue weighted by Gasteiger charge is -2.36. The van der Waals surface area contributed by atoms with Crippen LogP contribution in [-0.2, 0) is 0 Å². The van der Waals surface area contributed by atoms with Crippen LogP contribution in [0.4, 0.5) is 4.39 Å². The van der Waals surface area contributed by atoms with E-state index in [1.54, 1.807) is 12.1 Å². The Hall–Kier alpha value is -2.21. The third-order valence-corrected chi connectivity index (χ3v) is 4.65. The van der Waals surface area contributed by atoms with Gasteiger partial charge in [-0.05, 0) is 38.4 Å². The minimum absolute atomic E-state index is 0.0116. The van der Waals surface area contributed by atoms with Gasteiger partial charge in [0.25, 0.3) is 5.91 Å². The number of likely N-dealkylation sites (tertiary alicyclic amines) is 1. The van der Waals surface area contributed by atoms with E-state index < -0.39 is 5.91 Å². The molecule has 3 rings (SSSR count). The van der Waals surface area contributed by atoms with Gasteiger partial charge in [0.1, 0.15) is 11.5 Å². The Bertz CT molecular complexity index is 699. The summed E-state index contributed by atoms with van der Waals surface area (Å²) in [5, 5.41) is 6.87. The highest BCUT2D eigenvalue weighted by molar-refractivity contribution is 5.90. The topological polar surface area (TPSA) is 75.0 Å². The summed E-state index contributed by atoms with van der Waals surface area (Å²) < 4.78 is 14.0. The summed E-state index contributed by atoms with van der Waals surface area (Å²) in [6.07, 6.45) is 2.04. The van der Waals surface area contributed by atoms with E-state index in [2.05, 4.69) is 15.1 Å². The van der Waals surface area contributed by atoms with Crippen molar-refractivity contribution in [2.75, 3.05) is 13.1 Å². The maximum Gasteiger partial charge on any atom is 0.269 e. The van der Waals surface area contributed by atoms with Crippen LogP contribution in [-0.4, -0.2) is 34.1 Å². The first kappa shape index (κ1) is 15.7. The van der Waals surface area contributed by atoms with Crippen molar-refractivity contribution in [2.24, 2.45) is 5.73 Å². The van der Waals surface area contributed by atoms with Crippen molar-refractivity contribution in [3.8, 4) is 0 Å². The molecule has 0 radical (unpaired) electrons. The molecule has 1 aliphatic rings. The Morgan fingerprint density at radius 3 is 2.96 bits per heavy atom. The van der Waals surface area contributed by atoms with E-state index in [1.807, 2.05) is 19.1 Å². The van der Waals surface area contributed by atoms with Crippen LogP contribution < -0.4 is 5.73 Å². The highest BCUT2D eigenvalue weighted by atomic mass is 19.1. The second-order valence-corrected chi connectivity index (χ2v) is 6.10. The molecule has 0 unspecified atom stereocenters. The number of nitrogens with zero attached hydrogens (tertiary/aromatic N) is 2. The van der Waals surface area contributed by atoms with Gasteiger partial charge in [-0.25, -0.2) is 4.39 Å². The van der Waals surface area contributed by atoms with Gasteiger partial charge in [0, 0.05) is 29.8 Å². The maximum atomic E-state index is 14.0. The largest absolute Gasteiger partial charge is 0.364 e. The Morgan fingerprint density at radius 1 is 1.48 bits per heavy atom. The van der Waals surface area contributed by atoms with Crippen LogP contribution in [0.3, 0.4) is 0 Å². The minimum atomic E-state index is -0.528. The van der Waals surface area contributed by atoms with Crippen molar-refractivity contribution in [3.63, 3.8) is 0 Å². The molecule has 0 spiro atoms. The maximum absolute atomic E-state index is 14.0. The van der Waals surface area contributed by atoms with Gasteiger partial charge < -0.3 is 5.73 Å². The second kappa shape index (κ2) is 6.50. The number of hydrogen-bond donors (Lipinski definition) is 2. The van der Waals surface area contributed by atoms with Gasteiger partial charge in [0.15, 0.2) is 0 Å². The number of nitrogens with one attached hydrogen (secondary N) is 1. The molecule has 2 atom stereocenters.